The Kier molecular flexibility index (Phi) is 6.33. The Hall–Kier alpha value is -3.58. The van der Waals surface area contributed by atoms with Crippen molar-refractivity contribution < 1.29 is 13.9 Å². The zero-order valence-corrected chi connectivity index (χ0v) is 17.4. The smallest absolute Gasteiger partial charge is 0.163 e. The molecule has 0 bridgehead atoms. The molecule has 0 amide bonds. The molecule has 2 aromatic carbocycles. The van der Waals surface area contributed by atoms with Crippen LogP contribution in [-0.2, 0) is 4.74 Å². The Morgan fingerprint density at radius 3 is 2.61 bits per heavy atom. The zero-order chi connectivity index (χ0) is 21.6. The van der Waals surface area contributed by atoms with Crippen LogP contribution in [0.4, 0.5) is 10.2 Å². The monoisotopic (exact) mass is 418 g/mol. The molecule has 1 N–H and O–H groups in total. The first kappa shape index (κ1) is 20.7. The van der Waals surface area contributed by atoms with Crippen molar-refractivity contribution in [3.63, 3.8) is 0 Å². The van der Waals surface area contributed by atoms with Gasteiger partial charge in [-0.15, -0.1) is 0 Å². The first-order valence-electron chi connectivity index (χ1n) is 9.99. The van der Waals surface area contributed by atoms with Gasteiger partial charge < -0.3 is 14.8 Å². The summed E-state index contributed by atoms with van der Waals surface area (Å²) in [5.74, 6) is 1.43. The molecule has 0 saturated heterocycles. The van der Waals surface area contributed by atoms with Gasteiger partial charge in [-0.1, -0.05) is 18.2 Å². The first-order chi connectivity index (χ1) is 15.2. The van der Waals surface area contributed by atoms with E-state index in [2.05, 4.69) is 10.3 Å². The second kappa shape index (κ2) is 9.49. The number of benzene rings is 2. The number of halogens is 1. The van der Waals surface area contributed by atoms with Gasteiger partial charge in [0, 0.05) is 49.2 Å². The number of ether oxygens (including phenoxy) is 2. The standard InChI is InChI=1S/C24H23FN4O2/c1-30-12-6-11-27-24-19-13-17(18-8-3-4-9-20(18)25)14-21(31-2)22(19)28-23(29-24)16-7-5-10-26-15-16/h3-5,7-10,13-15H,6,11-12H2,1-2H3,(H,27,28,29). The number of pyridine rings is 1. The van der Waals surface area contributed by atoms with E-state index < -0.39 is 0 Å². The van der Waals surface area contributed by atoms with Crippen LogP contribution in [0.2, 0.25) is 0 Å². The number of nitrogens with one attached hydrogen (secondary N) is 1. The van der Waals surface area contributed by atoms with E-state index in [1.165, 1.54) is 6.07 Å². The lowest BCUT2D eigenvalue weighted by molar-refractivity contribution is 0.198. The second-order valence-electron chi connectivity index (χ2n) is 6.97. The van der Waals surface area contributed by atoms with E-state index in [1.54, 1.807) is 50.9 Å². The Morgan fingerprint density at radius 2 is 1.87 bits per heavy atom. The predicted molar refractivity (Wildman–Crippen MR) is 120 cm³/mol. The minimum atomic E-state index is -0.300. The summed E-state index contributed by atoms with van der Waals surface area (Å²) in [6, 6.07) is 14.1. The molecule has 0 unspecified atom stereocenters. The minimum Gasteiger partial charge on any atom is -0.494 e. The number of anilines is 1. The van der Waals surface area contributed by atoms with Gasteiger partial charge in [0.05, 0.1) is 7.11 Å². The highest BCUT2D eigenvalue weighted by atomic mass is 19.1. The van der Waals surface area contributed by atoms with Crippen molar-refractivity contribution in [2.45, 2.75) is 6.42 Å². The molecule has 0 saturated carbocycles. The Labute approximate surface area is 180 Å². The van der Waals surface area contributed by atoms with Crippen molar-refractivity contribution in [2.75, 3.05) is 32.7 Å². The van der Waals surface area contributed by atoms with Crippen LogP contribution in [0, 0.1) is 5.82 Å². The van der Waals surface area contributed by atoms with E-state index in [9.17, 15) is 4.39 Å². The summed E-state index contributed by atoms with van der Waals surface area (Å²) in [6.07, 6.45) is 4.24. The van der Waals surface area contributed by atoms with Gasteiger partial charge in [0.25, 0.3) is 0 Å². The van der Waals surface area contributed by atoms with Crippen molar-refractivity contribution in [2.24, 2.45) is 0 Å². The molecule has 31 heavy (non-hydrogen) atoms. The minimum absolute atomic E-state index is 0.300. The fourth-order valence-corrected chi connectivity index (χ4v) is 3.39. The number of fused-ring (bicyclic) bond motifs is 1. The van der Waals surface area contributed by atoms with Gasteiger partial charge >= 0.3 is 0 Å². The van der Waals surface area contributed by atoms with Crippen molar-refractivity contribution >= 4 is 16.7 Å². The summed E-state index contributed by atoms with van der Waals surface area (Å²) < 4.78 is 25.3. The molecule has 0 atom stereocenters. The SMILES string of the molecule is COCCCNc1nc(-c2cccnc2)nc2c(OC)cc(-c3ccccc3F)cc12. The van der Waals surface area contributed by atoms with Crippen molar-refractivity contribution in [1.29, 1.82) is 0 Å². The van der Waals surface area contributed by atoms with Crippen LogP contribution in [-0.4, -0.2) is 42.3 Å². The van der Waals surface area contributed by atoms with Gasteiger partial charge in [0.1, 0.15) is 22.9 Å². The van der Waals surface area contributed by atoms with Crippen LogP contribution < -0.4 is 10.1 Å². The molecule has 7 heteroatoms. The summed E-state index contributed by atoms with van der Waals surface area (Å²) in [4.78, 5) is 13.7. The molecule has 2 aromatic heterocycles. The largest absolute Gasteiger partial charge is 0.494 e. The second-order valence-corrected chi connectivity index (χ2v) is 6.97. The van der Waals surface area contributed by atoms with Gasteiger partial charge in [-0.05, 0) is 42.3 Å². The maximum atomic E-state index is 14.5. The summed E-state index contributed by atoms with van der Waals surface area (Å²) in [6.45, 7) is 1.30. The lowest BCUT2D eigenvalue weighted by Crippen LogP contribution is -2.08. The summed E-state index contributed by atoms with van der Waals surface area (Å²) in [7, 11) is 3.25. The first-order valence-corrected chi connectivity index (χ1v) is 9.99. The number of nitrogens with zero attached hydrogens (tertiary/aromatic N) is 3. The zero-order valence-electron chi connectivity index (χ0n) is 17.4. The summed E-state index contributed by atoms with van der Waals surface area (Å²) in [5, 5.41) is 4.13. The maximum absolute atomic E-state index is 14.5. The lowest BCUT2D eigenvalue weighted by Gasteiger charge is -2.15. The average molecular weight is 418 g/mol. The Balaban J connectivity index is 1.90. The molecule has 0 spiro atoms. The van der Waals surface area contributed by atoms with E-state index >= 15 is 0 Å². The third-order valence-electron chi connectivity index (χ3n) is 4.91. The highest BCUT2D eigenvalue weighted by molar-refractivity contribution is 5.97. The summed E-state index contributed by atoms with van der Waals surface area (Å²) in [5.41, 5.74) is 2.62. The fourth-order valence-electron chi connectivity index (χ4n) is 3.39. The summed E-state index contributed by atoms with van der Waals surface area (Å²) >= 11 is 0. The van der Waals surface area contributed by atoms with E-state index in [4.69, 9.17) is 19.4 Å². The lowest BCUT2D eigenvalue weighted by atomic mass is 10.0. The quantitative estimate of drug-likeness (QED) is 0.408. The molecule has 158 valence electrons. The highest BCUT2D eigenvalue weighted by Gasteiger charge is 2.16. The van der Waals surface area contributed by atoms with Crippen LogP contribution in [0.3, 0.4) is 0 Å². The normalized spacial score (nSPS) is 10.9. The van der Waals surface area contributed by atoms with Gasteiger partial charge in [0.2, 0.25) is 0 Å². The number of methoxy groups -OCH3 is 2. The van der Waals surface area contributed by atoms with Crippen LogP contribution in [0.1, 0.15) is 6.42 Å². The highest BCUT2D eigenvalue weighted by Crippen LogP contribution is 2.36. The Morgan fingerprint density at radius 1 is 1.00 bits per heavy atom. The number of aromatic nitrogens is 3. The molecule has 6 nitrogen and oxygen atoms in total. The number of hydrogen-bond acceptors (Lipinski definition) is 6. The van der Waals surface area contributed by atoms with Gasteiger partial charge in [0.15, 0.2) is 5.82 Å². The van der Waals surface area contributed by atoms with Crippen LogP contribution in [0.25, 0.3) is 33.4 Å². The number of rotatable bonds is 8. The van der Waals surface area contributed by atoms with E-state index in [0.717, 1.165) is 17.4 Å². The third-order valence-corrected chi connectivity index (χ3v) is 4.91. The van der Waals surface area contributed by atoms with Crippen LogP contribution in [0.15, 0.2) is 60.9 Å². The van der Waals surface area contributed by atoms with Crippen molar-refractivity contribution in [3.05, 3.63) is 66.7 Å². The third kappa shape index (κ3) is 4.46. The molecule has 4 rings (SSSR count). The van der Waals surface area contributed by atoms with Gasteiger partial charge in [-0.2, -0.15) is 0 Å². The van der Waals surface area contributed by atoms with Gasteiger partial charge in [-0.3, -0.25) is 4.98 Å². The van der Waals surface area contributed by atoms with E-state index in [0.29, 0.717) is 47.2 Å². The molecular formula is C24H23FN4O2. The van der Waals surface area contributed by atoms with Crippen molar-refractivity contribution in [3.8, 4) is 28.3 Å². The van der Waals surface area contributed by atoms with E-state index in [-0.39, 0.29) is 5.82 Å². The molecule has 2 heterocycles. The topological polar surface area (TPSA) is 69.2 Å². The van der Waals surface area contributed by atoms with Gasteiger partial charge in [-0.25, -0.2) is 14.4 Å². The molecule has 0 aliphatic heterocycles. The fraction of sp³-hybridized carbons (Fsp3) is 0.208. The molecule has 0 fully saturated rings. The predicted octanol–water partition coefficient (Wildman–Crippen LogP) is 4.95. The average Bonchev–Trinajstić information content (AvgIpc) is 2.82. The van der Waals surface area contributed by atoms with Crippen LogP contribution in [0.5, 0.6) is 5.75 Å². The molecule has 4 aromatic rings. The van der Waals surface area contributed by atoms with E-state index in [1.807, 2.05) is 18.2 Å². The Bertz CT molecular complexity index is 1190. The maximum Gasteiger partial charge on any atom is 0.163 e. The number of hydrogen-bond donors (Lipinski definition) is 1. The van der Waals surface area contributed by atoms with Crippen molar-refractivity contribution in [1.82, 2.24) is 15.0 Å². The van der Waals surface area contributed by atoms with Crippen LogP contribution >= 0.6 is 0 Å². The molecule has 0 aliphatic rings. The molecule has 0 aliphatic carbocycles. The molecular weight excluding hydrogens is 395 g/mol. The molecule has 0 radical (unpaired) electrons.